The molecule has 0 bridgehead atoms. The molecule has 1 aromatic heterocycles. The first-order chi connectivity index (χ1) is 7.58. The maximum absolute atomic E-state index is 12.8. The second-order valence-corrected chi connectivity index (χ2v) is 4.79. The second-order valence-electron chi connectivity index (χ2n) is 3.76. The van der Waals surface area contributed by atoms with Crippen molar-refractivity contribution in [3.05, 3.63) is 40.7 Å². The normalized spacial score (nSPS) is 12.8. The molecule has 0 saturated heterocycles. The topological polar surface area (TPSA) is 38.9 Å². The van der Waals surface area contributed by atoms with Crippen LogP contribution in [0.5, 0.6) is 0 Å². The fourth-order valence-corrected chi connectivity index (χ4v) is 2.57. The Morgan fingerprint density at radius 2 is 1.94 bits per heavy atom. The van der Waals surface area contributed by atoms with Gasteiger partial charge in [-0.05, 0) is 38.1 Å². The first kappa shape index (κ1) is 11.2. The summed E-state index contributed by atoms with van der Waals surface area (Å²) in [7, 11) is 0. The summed E-state index contributed by atoms with van der Waals surface area (Å²) in [6.45, 7) is 3.89. The van der Waals surface area contributed by atoms with E-state index < -0.39 is 0 Å². The Morgan fingerprint density at radius 1 is 1.31 bits per heavy atom. The van der Waals surface area contributed by atoms with Crippen LogP contribution in [0.2, 0.25) is 0 Å². The van der Waals surface area contributed by atoms with E-state index in [4.69, 9.17) is 5.73 Å². The summed E-state index contributed by atoms with van der Waals surface area (Å²) in [4.78, 5) is 5.53. The molecule has 0 aliphatic carbocycles. The molecule has 2 aromatic rings. The van der Waals surface area contributed by atoms with Crippen molar-refractivity contribution in [2.24, 2.45) is 5.73 Å². The highest BCUT2D eigenvalue weighted by molar-refractivity contribution is 7.15. The van der Waals surface area contributed by atoms with Crippen LogP contribution in [-0.2, 0) is 0 Å². The molecule has 0 fully saturated rings. The van der Waals surface area contributed by atoms with Crippen molar-refractivity contribution >= 4 is 11.3 Å². The van der Waals surface area contributed by atoms with Gasteiger partial charge in [0.05, 0.1) is 5.69 Å². The van der Waals surface area contributed by atoms with Crippen LogP contribution in [0.25, 0.3) is 10.6 Å². The maximum Gasteiger partial charge on any atom is 0.123 e. The molecule has 0 spiro atoms. The van der Waals surface area contributed by atoms with Crippen molar-refractivity contribution in [1.29, 1.82) is 0 Å². The van der Waals surface area contributed by atoms with E-state index in [2.05, 4.69) is 4.98 Å². The number of aryl methyl sites for hydroxylation is 1. The number of benzene rings is 1. The summed E-state index contributed by atoms with van der Waals surface area (Å²) in [5, 5.41) is 0.893. The van der Waals surface area contributed by atoms with Gasteiger partial charge in [-0.1, -0.05) is 0 Å². The van der Waals surface area contributed by atoms with Crippen LogP contribution < -0.4 is 5.73 Å². The Balaban J connectivity index is 2.41. The Hall–Kier alpha value is -1.26. The molecular formula is C12H13FN2S. The number of nitrogens with two attached hydrogens (primary N) is 1. The minimum atomic E-state index is -0.232. The Kier molecular flexibility index (Phi) is 3.03. The fourth-order valence-electron chi connectivity index (χ4n) is 1.55. The smallest absolute Gasteiger partial charge is 0.123 e. The quantitative estimate of drug-likeness (QED) is 0.869. The predicted molar refractivity (Wildman–Crippen MR) is 64.8 cm³/mol. The molecule has 1 heterocycles. The van der Waals surface area contributed by atoms with Gasteiger partial charge < -0.3 is 5.73 Å². The van der Waals surface area contributed by atoms with Crippen molar-refractivity contribution in [2.45, 2.75) is 19.9 Å². The molecule has 0 saturated carbocycles. The van der Waals surface area contributed by atoms with Crippen LogP contribution in [0.15, 0.2) is 24.3 Å². The van der Waals surface area contributed by atoms with Gasteiger partial charge in [-0.25, -0.2) is 9.37 Å². The zero-order chi connectivity index (χ0) is 11.7. The van der Waals surface area contributed by atoms with E-state index in [0.29, 0.717) is 0 Å². The molecule has 84 valence electrons. The van der Waals surface area contributed by atoms with Crippen molar-refractivity contribution in [3.8, 4) is 10.6 Å². The summed E-state index contributed by atoms with van der Waals surface area (Å²) in [6.07, 6.45) is 0. The van der Waals surface area contributed by atoms with Crippen LogP contribution in [0.3, 0.4) is 0 Å². The number of halogens is 1. The molecule has 1 aromatic carbocycles. The molecule has 0 unspecified atom stereocenters. The van der Waals surface area contributed by atoms with Gasteiger partial charge in [-0.3, -0.25) is 0 Å². The molecule has 4 heteroatoms. The van der Waals surface area contributed by atoms with Gasteiger partial charge >= 0.3 is 0 Å². The number of aromatic nitrogens is 1. The SMILES string of the molecule is Cc1nc(-c2ccc(F)cc2)sc1[C@H](C)N. The lowest BCUT2D eigenvalue weighted by molar-refractivity contribution is 0.628. The number of hydrogen-bond donors (Lipinski definition) is 1. The first-order valence-corrected chi connectivity index (χ1v) is 5.88. The van der Waals surface area contributed by atoms with Crippen molar-refractivity contribution in [3.63, 3.8) is 0 Å². The summed E-state index contributed by atoms with van der Waals surface area (Å²) in [5.41, 5.74) is 7.73. The van der Waals surface area contributed by atoms with Gasteiger partial charge in [0.1, 0.15) is 10.8 Å². The average Bonchev–Trinajstić information content (AvgIpc) is 2.61. The van der Waals surface area contributed by atoms with Gasteiger partial charge in [-0.2, -0.15) is 0 Å². The van der Waals surface area contributed by atoms with Gasteiger partial charge in [0, 0.05) is 16.5 Å². The minimum absolute atomic E-state index is 0.00769. The highest BCUT2D eigenvalue weighted by Gasteiger charge is 2.12. The largest absolute Gasteiger partial charge is 0.323 e. The van der Waals surface area contributed by atoms with Crippen LogP contribution in [0.1, 0.15) is 23.5 Å². The fraction of sp³-hybridized carbons (Fsp3) is 0.250. The highest BCUT2D eigenvalue weighted by atomic mass is 32.1. The number of hydrogen-bond acceptors (Lipinski definition) is 3. The third-order valence-electron chi connectivity index (χ3n) is 2.34. The lowest BCUT2D eigenvalue weighted by Gasteiger charge is -1.99. The van der Waals surface area contributed by atoms with E-state index in [1.54, 1.807) is 23.5 Å². The van der Waals surface area contributed by atoms with Gasteiger partial charge in [-0.15, -0.1) is 11.3 Å². The van der Waals surface area contributed by atoms with Crippen LogP contribution in [-0.4, -0.2) is 4.98 Å². The number of rotatable bonds is 2. The average molecular weight is 236 g/mol. The predicted octanol–water partition coefficient (Wildman–Crippen LogP) is 3.28. The summed E-state index contributed by atoms with van der Waals surface area (Å²) < 4.78 is 12.8. The third kappa shape index (κ3) is 2.13. The van der Waals surface area contributed by atoms with Gasteiger partial charge in [0.25, 0.3) is 0 Å². The number of thiazole rings is 1. The lowest BCUT2D eigenvalue weighted by atomic mass is 10.2. The lowest BCUT2D eigenvalue weighted by Crippen LogP contribution is -2.03. The molecule has 0 amide bonds. The molecule has 2 nitrogen and oxygen atoms in total. The van der Waals surface area contributed by atoms with Crippen molar-refractivity contribution in [1.82, 2.24) is 4.98 Å². The van der Waals surface area contributed by atoms with Crippen LogP contribution >= 0.6 is 11.3 Å². The Morgan fingerprint density at radius 3 is 2.44 bits per heavy atom. The standard InChI is InChI=1S/C12H13FN2S/c1-7(14)11-8(2)15-12(16-11)9-3-5-10(13)6-4-9/h3-7H,14H2,1-2H3/t7-/m0/s1. The zero-order valence-corrected chi connectivity index (χ0v) is 10.0. The van der Waals surface area contributed by atoms with E-state index >= 15 is 0 Å². The summed E-state index contributed by atoms with van der Waals surface area (Å²) >= 11 is 1.57. The molecule has 0 aliphatic rings. The van der Waals surface area contributed by atoms with E-state index in [9.17, 15) is 4.39 Å². The molecular weight excluding hydrogens is 223 g/mol. The van der Waals surface area contributed by atoms with E-state index in [1.165, 1.54) is 12.1 Å². The van der Waals surface area contributed by atoms with Crippen molar-refractivity contribution < 1.29 is 4.39 Å². The molecule has 0 radical (unpaired) electrons. The molecule has 2 rings (SSSR count). The maximum atomic E-state index is 12.8. The molecule has 0 aliphatic heterocycles. The zero-order valence-electron chi connectivity index (χ0n) is 9.20. The van der Waals surface area contributed by atoms with Crippen molar-refractivity contribution in [2.75, 3.05) is 0 Å². The Bertz CT molecular complexity index is 488. The van der Waals surface area contributed by atoms with E-state index in [0.717, 1.165) is 21.1 Å². The summed E-state index contributed by atoms with van der Waals surface area (Å²) in [6, 6.07) is 6.35. The van der Waals surface area contributed by atoms with E-state index in [-0.39, 0.29) is 11.9 Å². The Labute approximate surface area is 97.9 Å². The number of nitrogens with zero attached hydrogens (tertiary/aromatic N) is 1. The van der Waals surface area contributed by atoms with E-state index in [1.807, 2.05) is 13.8 Å². The molecule has 1 atom stereocenters. The molecule has 2 N–H and O–H groups in total. The van der Waals surface area contributed by atoms with Gasteiger partial charge in [0.2, 0.25) is 0 Å². The molecule has 16 heavy (non-hydrogen) atoms. The minimum Gasteiger partial charge on any atom is -0.323 e. The van der Waals surface area contributed by atoms with Gasteiger partial charge in [0.15, 0.2) is 0 Å². The monoisotopic (exact) mass is 236 g/mol. The van der Waals surface area contributed by atoms with Crippen LogP contribution in [0.4, 0.5) is 4.39 Å². The first-order valence-electron chi connectivity index (χ1n) is 5.07. The van der Waals surface area contributed by atoms with Crippen LogP contribution in [0, 0.1) is 12.7 Å². The highest BCUT2D eigenvalue weighted by Crippen LogP contribution is 2.30. The summed E-state index contributed by atoms with van der Waals surface area (Å²) in [5.74, 6) is -0.232. The second kappa shape index (κ2) is 4.31. The third-order valence-corrected chi connectivity index (χ3v) is 3.74.